The Bertz CT molecular complexity index is 772. The third kappa shape index (κ3) is 29.6. The van der Waals surface area contributed by atoms with Gasteiger partial charge in [-0.05, 0) is 32.1 Å². The van der Waals surface area contributed by atoms with Crippen LogP contribution < -0.4 is 0 Å². The maximum absolute atomic E-state index is 12.1. The summed E-state index contributed by atoms with van der Waals surface area (Å²) in [7, 11) is 0. The highest BCUT2D eigenvalue weighted by Gasteiger charge is 2.16. The van der Waals surface area contributed by atoms with Crippen LogP contribution in [0.1, 0.15) is 136 Å². The highest BCUT2D eigenvalue weighted by atomic mass is 16.6. The maximum Gasteiger partial charge on any atom is 0.306 e. The number of unbranched alkanes of at least 4 members (excludes halogenated alkanes) is 11. The molecule has 0 unspecified atom stereocenters. The number of esters is 2. The van der Waals surface area contributed by atoms with Crippen molar-refractivity contribution in [2.45, 2.75) is 154 Å². The minimum absolute atomic E-state index is 0.107. The molecule has 0 spiro atoms. The van der Waals surface area contributed by atoms with Gasteiger partial charge in [0.15, 0.2) is 6.10 Å². The van der Waals surface area contributed by atoms with E-state index >= 15 is 0 Å². The third-order valence-electron chi connectivity index (χ3n) is 7.08. The summed E-state index contributed by atoms with van der Waals surface area (Å²) >= 11 is 0. The molecule has 248 valence electrons. The number of hydrogen-bond donors (Lipinski definition) is 3. The number of allylic oxidation sites excluding steroid dienone is 6. The van der Waals surface area contributed by atoms with Crippen molar-refractivity contribution in [3.63, 3.8) is 0 Å². The smallest absolute Gasteiger partial charge is 0.306 e. The molecule has 0 bridgehead atoms. The molecule has 0 heterocycles. The summed E-state index contributed by atoms with van der Waals surface area (Å²) in [4.78, 5) is 24.1. The van der Waals surface area contributed by atoms with Gasteiger partial charge in [0.25, 0.3) is 0 Å². The van der Waals surface area contributed by atoms with E-state index in [4.69, 9.17) is 9.47 Å². The summed E-state index contributed by atoms with van der Waals surface area (Å²) in [5, 5.41) is 29.4. The number of carbonyl (C=O) groups excluding carboxylic acids is 2. The number of hydrogen-bond acceptors (Lipinski definition) is 7. The summed E-state index contributed by atoms with van der Waals surface area (Å²) in [6.07, 6.45) is 31.0. The van der Waals surface area contributed by atoms with Crippen LogP contribution in [0.3, 0.4) is 0 Å². The van der Waals surface area contributed by atoms with Gasteiger partial charge in [0, 0.05) is 12.8 Å². The molecule has 0 aromatic carbocycles. The molecule has 0 saturated heterocycles. The molecule has 7 heteroatoms. The number of rotatable bonds is 29. The Morgan fingerprint density at radius 2 is 1.12 bits per heavy atom. The van der Waals surface area contributed by atoms with Crippen molar-refractivity contribution in [3.8, 4) is 0 Å². The van der Waals surface area contributed by atoms with Gasteiger partial charge in [0.05, 0.1) is 18.8 Å². The molecule has 0 fully saturated rings. The summed E-state index contributed by atoms with van der Waals surface area (Å²) in [5.74, 6) is -0.825. The van der Waals surface area contributed by atoms with Crippen LogP contribution in [-0.2, 0) is 19.1 Å². The molecule has 0 aromatic rings. The first-order valence-corrected chi connectivity index (χ1v) is 16.9. The van der Waals surface area contributed by atoms with Crippen LogP contribution >= 0.6 is 0 Å². The van der Waals surface area contributed by atoms with E-state index in [0.29, 0.717) is 19.3 Å². The molecule has 7 nitrogen and oxygen atoms in total. The lowest BCUT2D eigenvalue weighted by atomic mass is 10.1. The lowest BCUT2D eigenvalue weighted by molar-refractivity contribution is -0.161. The zero-order valence-corrected chi connectivity index (χ0v) is 27.2. The van der Waals surface area contributed by atoms with Crippen molar-refractivity contribution in [2.24, 2.45) is 0 Å². The SMILES string of the molecule is CCCCCCCCCCCCC(=O)OC[C@H](CO)OC(=O)CCC[C@H](O)/C=C/C=C\C/C=C\C=C\[C@H](O)CCCCC. The monoisotopic (exact) mass is 606 g/mol. The molecule has 3 N–H and O–H groups in total. The van der Waals surface area contributed by atoms with Gasteiger partial charge < -0.3 is 24.8 Å². The fraction of sp³-hybridized carbons (Fsp3) is 0.722. The zero-order valence-electron chi connectivity index (χ0n) is 27.2. The summed E-state index contributed by atoms with van der Waals surface area (Å²) < 4.78 is 10.4. The molecular weight excluding hydrogens is 544 g/mol. The van der Waals surface area contributed by atoms with Crippen LogP contribution in [0.5, 0.6) is 0 Å². The maximum atomic E-state index is 12.1. The van der Waals surface area contributed by atoms with E-state index in [-0.39, 0.29) is 25.1 Å². The second-order valence-corrected chi connectivity index (χ2v) is 11.3. The lowest BCUT2D eigenvalue weighted by Crippen LogP contribution is -2.28. The standard InChI is InChI=1S/C36H62O7/c1-3-5-7-8-9-10-11-15-18-22-28-35(40)42-31-34(30-37)43-36(41)29-23-27-33(39)26-21-17-14-12-13-16-20-25-32(38)24-19-6-4-2/h13-14,16-17,20-21,25-26,32-34,37-39H,3-12,15,18-19,22-24,27-31H2,1-2H3/b16-13-,17-14-,25-20+,26-21+/t32-,33-,34+/m1/s1. The van der Waals surface area contributed by atoms with E-state index in [0.717, 1.165) is 51.4 Å². The average molecular weight is 607 g/mol. The van der Waals surface area contributed by atoms with E-state index in [1.165, 1.54) is 44.9 Å². The minimum atomic E-state index is -0.875. The normalized spacial score (nSPS) is 14.3. The summed E-state index contributed by atoms with van der Waals surface area (Å²) in [6.45, 7) is 3.80. The first kappa shape index (κ1) is 40.8. The lowest BCUT2D eigenvalue weighted by Gasteiger charge is -2.16. The molecule has 0 saturated carbocycles. The Labute approximate surface area is 262 Å². The van der Waals surface area contributed by atoms with Crippen LogP contribution in [0.4, 0.5) is 0 Å². The predicted octanol–water partition coefficient (Wildman–Crippen LogP) is 7.83. The Hall–Kier alpha value is -2.22. The van der Waals surface area contributed by atoms with Crippen LogP contribution in [0.25, 0.3) is 0 Å². The van der Waals surface area contributed by atoms with Crippen LogP contribution in [0.2, 0.25) is 0 Å². The van der Waals surface area contributed by atoms with Gasteiger partial charge >= 0.3 is 11.9 Å². The fourth-order valence-corrected chi connectivity index (χ4v) is 4.41. The van der Waals surface area contributed by atoms with Crippen molar-refractivity contribution < 1.29 is 34.4 Å². The molecular formula is C36H62O7. The fourth-order valence-electron chi connectivity index (χ4n) is 4.41. The quantitative estimate of drug-likeness (QED) is 0.0452. The van der Waals surface area contributed by atoms with Gasteiger partial charge in [-0.2, -0.15) is 0 Å². The van der Waals surface area contributed by atoms with Gasteiger partial charge in [-0.3, -0.25) is 9.59 Å². The van der Waals surface area contributed by atoms with Crippen molar-refractivity contribution in [3.05, 3.63) is 48.6 Å². The van der Waals surface area contributed by atoms with E-state index < -0.39 is 24.8 Å². The van der Waals surface area contributed by atoms with E-state index in [2.05, 4.69) is 13.8 Å². The minimum Gasteiger partial charge on any atom is -0.462 e. The Morgan fingerprint density at radius 1 is 0.628 bits per heavy atom. The van der Waals surface area contributed by atoms with Crippen molar-refractivity contribution in [1.82, 2.24) is 0 Å². The second kappa shape index (κ2) is 31.2. The highest BCUT2D eigenvalue weighted by molar-refractivity contribution is 5.70. The average Bonchev–Trinajstić information content (AvgIpc) is 2.99. The molecule has 0 aliphatic heterocycles. The van der Waals surface area contributed by atoms with Gasteiger partial charge in [0.1, 0.15) is 6.61 Å². The molecule has 0 aliphatic rings. The van der Waals surface area contributed by atoms with Crippen LogP contribution in [0.15, 0.2) is 48.6 Å². The Balaban J connectivity index is 3.91. The number of ether oxygens (including phenoxy) is 2. The number of aliphatic hydroxyl groups excluding tert-OH is 3. The number of carbonyl (C=O) groups is 2. The van der Waals surface area contributed by atoms with Gasteiger partial charge in [-0.1, -0.05) is 140 Å². The van der Waals surface area contributed by atoms with Gasteiger partial charge in [0.2, 0.25) is 0 Å². The highest BCUT2D eigenvalue weighted by Crippen LogP contribution is 2.12. The van der Waals surface area contributed by atoms with Crippen LogP contribution in [0, 0.1) is 0 Å². The molecule has 0 radical (unpaired) electrons. The molecule has 0 rings (SSSR count). The number of aliphatic hydroxyl groups is 3. The first-order chi connectivity index (χ1) is 20.9. The van der Waals surface area contributed by atoms with E-state index in [9.17, 15) is 24.9 Å². The predicted molar refractivity (Wildman–Crippen MR) is 176 cm³/mol. The molecule has 0 aromatic heterocycles. The van der Waals surface area contributed by atoms with Crippen molar-refractivity contribution in [1.29, 1.82) is 0 Å². The zero-order chi connectivity index (χ0) is 31.8. The Kier molecular flexibility index (Phi) is 29.6. The van der Waals surface area contributed by atoms with Gasteiger partial charge in [-0.25, -0.2) is 0 Å². The van der Waals surface area contributed by atoms with Gasteiger partial charge in [-0.15, -0.1) is 0 Å². The summed E-state index contributed by atoms with van der Waals surface area (Å²) in [6, 6.07) is 0. The first-order valence-electron chi connectivity index (χ1n) is 16.9. The second-order valence-electron chi connectivity index (χ2n) is 11.3. The van der Waals surface area contributed by atoms with Crippen molar-refractivity contribution >= 4 is 11.9 Å². The Morgan fingerprint density at radius 3 is 1.67 bits per heavy atom. The van der Waals surface area contributed by atoms with E-state index in [1.807, 2.05) is 30.4 Å². The van der Waals surface area contributed by atoms with Crippen LogP contribution in [-0.4, -0.2) is 58.8 Å². The van der Waals surface area contributed by atoms with E-state index in [1.54, 1.807) is 18.2 Å². The topological polar surface area (TPSA) is 113 Å². The van der Waals surface area contributed by atoms with Crippen molar-refractivity contribution in [2.75, 3.05) is 13.2 Å². The summed E-state index contributed by atoms with van der Waals surface area (Å²) in [5.41, 5.74) is 0. The molecule has 0 aliphatic carbocycles. The largest absolute Gasteiger partial charge is 0.462 e. The molecule has 3 atom stereocenters. The molecule has 0 amide bonds. The third-order valence-corrected chi connectivity index (χ3v) is 7.08. The molecule has 43 heavy (non-hydrogen) atoms.